The van der Waals surface area contributed by atoms with Gasteiger partial charge < -0.3 is 0 Å². The minimum Gasteiger partial charge on any atom is -0.243 e. The van der Waals surface area contributed by atoms with Crippen molar-refractivity contribution < 1.29 is 0 Å². The van der Waals surface area contributed by atoms with E-state index in [1.807, 2.05) is 19.3 Å². The van der Waals surface area contributed by atoms with E-state index in [1.165, 1.54) is 17.1 Å². The van der Waals surface area contributed by atoms with Crippen molar-refractivity contribution in [3.8, 4) is 0 Å². The van der Waals surface area contributed by atoms with Crippen molar-refractivity contribution in [2.24, 2.45) is 0 Å². The van der Waals surface area contributed by atoms with Crippen LogP contribution in [-0.4, -0.2) is 9.36 Å². The SMILES string of the molecule is Cc1cnc2sncc2c1. The Balaban J connectivity index is 2.86. The first kappa shape index (κ1) is 5.80. The average Bonchev–Trinajstić information content (AvgIpc) is 2.33. The van der Waals surface area contributed by atoms with Gasteiger partial charge in [0.25, 0.3) is 0 Å². The van der Waals surface area contributed by atoms with E-state index in [1.54, 1.807) is 0 Å². The molecule has 3 heteroatoms. The molecule has 50 valence electrons. The van der Waals surface area contributed by atoms with Gasteiger partial charge in [-0.25, -0.2) is 4.98 Å². The van der Waals surface area contributed by atoms with Crippen LogP contribution in [0.15, 0.2) is 18.5 Å². The lowest BCUT2D eigenvalue weighted by Crippen LogP contribution is -1.73. The van der Waals surface area contributed by atoms with Gasteiger partial charge >= 0.3 is 0 Å². The maximum Gasteiger partial charge on any atom is 0.143 e. The minimum absolute atomic E-state index is 1.02. The third kappa shape index (κ3) is 0.789. The summed E-state index contributed by atoms with van der Waals surface area (Å²) in [6.07, 6.45) is 3.71. The largest absolute Gasteiger partial charge is 0.243 e. The fraction of sp³-hybridized carbons (Fsp3) is 0.143. The number of hydrogen-bond acceptors (Lipinski definition) is 3. The average molecular weight is 150 g/mol. The monoisotopic (exact) mass is 150 g/mol. The van der Waals surface area contributed by atoms with E-state index in [2.05, 4.69) is 15.4 Å². The van der Waals surface area contributed by atoms with Crippen molar-refractivity contribution >= 4 is 21.7 Å². The number of fused-ring (bicyclic) bond motifs is 1. The van der Waals surface area contributed by atoms with Gasteiger partial charge in [0, 0.05) is 11.6 Å². The lowest BCUT2D eigenvalue weighted by Gasteiger charge is -1.87. The summed E-state index contributed by atoms with van der Waals surface area (Å²) in [5.41, 5.74) is 1.19. The zero-order valence-corrected chi connectivity index (χ0v) is 6.35. The van der Waals surface area contributed by atoms with Gasteiger partial charge in [-0.3, -0.25) is 0 Å². The van der Waals surface area contributed by atoms with Crippen LogP contribution in [0.2, 0.25) is 0 Å². The predicted molar refractivity (Wildman–Crippen MR) is 42.2 cm³/mol. The van der Waals surface area contributed by atoms with Gasteiger partial charge in [-0.2, -0.15) is 4.37 Å². The summed E-state index contributed by atoms with van der Waals surface area (Å²) in [5, 5.41) is 1.14. The van der Waals surface area contributed by atoms with Crippen LogP contribution in [0.4, 0.5) is 0 Å². The van der Waals surface area contributed by atoms with Crippen molar-refractivity contribution in [2.45, 2.75) is 6.92 Å². The molecular formula is C7H6N2S. The molecule has 2 rings (SSSR count). The van der Waals surface area contributed by atoms with Gasteiger partial charge in [-0.15, -0.1) is 0 Å². The molecular weight excluding hydrogens is 144 g/mol. The van der Waals surface area contributed by atoms with Crippen molar-refractivity contribution in [1.29, 1.82) is 0 Å². The highest BCUT2D eigenvalue weighted by Crippen LogP contribution is 2.15. The second-order valence-electron chi connectivity index (χ2n) is 2.23. The topological polar surface area (TPSA) is 25.8 Å². The molecule has 0 aliphatic heterocycles. The molecule has 0 N–H and O–H groups in total. The third-order valence-corrected chi connectivity index (χ3v) is 2.07. The fourth-order valence-electron chi connectivity index (χ4n) is 0.881. The molecule has 0 radical (unpaired) electrons. The summed E-state index contributed by atoms with van der Waals surface area (Å²) >= 11 is 1.43. The molecule has 0 atom stereocenters. The van der Waals surface area contributed by atoms with Crippen LogP contribution in [0.3, 0.4) is 0 Å². The number of rotatable bonds is 0. The second-order valence-corrected chi connectivity index (χ2v) is 3.01. The van der Waals surface area contributed by atoms with E-state index in [0.717, 1.165) is 10.2 Å². The van der Waals surface area contributed by atoms with Crippen molar-refractivity contribution in [3.05, 3.63) is 24.0 Å². The van der Waals surface area contributed by atoms with E-state index in [9.17, 15) is 0 Å². The molecule has 2 aromatic rings. The van der Waals surface area contributed by atoms with Crippen LogP contribution >= 0.6 is 11.5 Å². The molecule has 0 fully saturated rings. The smallest absolute Gasteiger partial charge is 0.143 e. The number of aryl methyl sites for hydroxylation is 1. The van der Waals surface area contributed by atoms with E-state index < -0.39 is 0 Å². The molecule has 10 heavy (non-hydrogen) atoms. The Hall–Kier alpha value is -0.960. The van der Waals surface area contributed by atoms with Crippen molar-refractivity contribution in [2.75, 3.05) is 0 Å². The molecule has 2 nitrogen and oxygen atoms in total. The Morgan fingerprint density at radius 3 is 3.20 bits per heavy atom. The molecule has 0 amide bonds. The zero-order valence-electron chi connectivity index (χ0n) is 5.53. The van der Waals surface area contributed by atoms with Crippen LogP contribution in [0.25, 0.3) is 10.2 Å². The number of nitrogens with zero attached hydrogens (tertiary/aromatic N) is 2. The van der Waals surface area contributed by atoms with Gasteiger partial charge in [0.2, 0.25) is 0 Å². The lowest BCUT2D eigenvalue weighted by atomic mass is 10.3. The maximum atomic E-state index is 4.20. The summed E-state index contributed by atoms with van der Waals surface area (Å²) in [7, 11) is 0. The van der Waals surface area contributed by atoms with E-state index >= 15 is 0 Å². The first-order chi connectivity index (χ1) is 4.86. The third-order valence-electron chi connectivity index (χ3n) is 1.35. The quantitative estimate of drug-likeness (QED) is 0.574. The highest BCUT2D eigenvalue weighted by atomic mass is 32.1. The molecule has 0 saturated heterocycles. The number of hydrogen-bond donors (Lipinski definition) is 0. The van der Waals surface area contributed by atoms with E-state index in [0.29, 0.717) is 0 Å². The highest BCUT2D eigenvalue weighted by Gasteiger charge is 1.94. The molecule has 2 heterocycles. The molecule has 0 aromatic carbocycles. The van der Waals surface area contributed by atoms with Crippen molar-refractivity contribution in [1.82, 2.24) is 9.36 Å². The summed E-state index contributed by atoms with van der Waals surface area (Å²) in [6.45, 7) is 2.03. The van der Waals surface area contributed by atoms with Crippen LogP contribution in [0.5, 0.6) is 0 Å². The molecule has 0 unspecified atom stereocenters. The van der Waals surface area contributed by atoms with Gasteiger partial charge in [0.1, 0.15) is 4.83 Å². The molecule has 0 saturated carbocycles. The van der Waals surface area contributed by atoms with Crippen LogP contribution in [0.1, 0.15) is 5.56 Å². The molecule has 0 aliphatic rings. The number of pyridine rings is 1. The summed E-state index contributed by atoms with van der Waals surface area (Å²) in [5.74, 6) is 0. The second kappa shape index (κ2) is 2.02. The standard InChI is InChI=1S/C7H6N2S/c1-5-2-6-4-9-10-7(6)8-3-5/h2-4H,1H3. The Bertz CT molecular complexity index is 353. The predicted octanol–water partition coefficient (Wildman–Crippen LogP) is 2.00. The van der Waals surface area contributed by atoms with E-state index in [-0.39, 0.29) is 0 Å². The zero-order chi connectivity index (χ0) is 6.97. The van der Waals surface area contributed by atoms with Gasteiger partial charge in [-0.05, 0) is 30.1 Å². The van der Waals surface area contributed by atoms with Gasteiger partial charge in [0.05, 0.1) is 6.20 Å². The van der Waals surface area contributed by atoms with Gasteiger partial charge in [-0.1, -0.05) is 0 Å². The fourth-order valence-corrected chi connectivity index (χ4v) is 1.46. The molecule has 0 aliphatic carbocycles. The summed E-state index contributed by atoms with van der Waals surface area (Å²) in [6, 6.07) is 2.09. The normalized spacial score (nSPS) is 10.5. The van der Waals surface area contributed by atoms with Gasteiger partial charge in [0.15, 0.2) is 0 Å². The number of aromatic nitrogens is 2. The molecule has 2 aromatic heterocycles. The molecule has 0 spiro atoms. The Morgan fingerprint density at radius 2 is 2.30 bits per heavy atom. The Kier molecular flexibility index (Phi) is 1.17. The highest BCUT2D eigenvalue weighted by molar-refractivity contribution is 7.12. The van der Waals surface area contributed by atoms with E-state index in [4.69, 9.17) is 0 Å². The van der Waals surface area contributed by atoms with Crippen LogP contribution in [-0.2, 0) is 0 Å². The Morgan fingerprint density at radius 1 is 1.40 bits per heavy atom. The summed E-state index contributed by atoms with van der Waals surface area (Å²) in [4.78, 5) is 5.22. The first-order valence-corrected chi connectivity index (χ1v) is 3.80. The molecule has 0 bridgehead atoms. The Labute approximate surface area is 62.7 Å². The van der Waals surface area contributed by atoms with Crippen LogP contribution in [0, 0.1) is 6.92 Å². The minimum atomic E-state index is 1.02. The lowest BCUT2D eigenvalue weighted by molar-refractivity contribution is 1.35. The van der Waals surface area contributed by atoms with Crippen LogP contribution < -0.4 is 0 Å². The first-order valence-electron chi connectivity index (χ1n) is 3.03. The maximum absolute atomic E-state index is 4.20. The van der Waals surface area contributed by atoms with Crippen molar-refractivity contribution in [3.63, 3.8) is 0 Å². The summed E-state index contributed by atoms with van der Waals surface area (Å²) < 4.78 is 4.02.